The van der Waals surface area contributed by atoms with Crippen LogP contribution < -0.4 is 10.1 Å². The molecule has 0 aliphatic carbocycles. The van der Waals surface area contributed by atoms with Crippen molar-refractivity contribution in [2.45, 2.75) is 11.3 Å². The summed E-state index contributed by atoms with van der Waals surface area (Å²) < 4.78 is 35.7. The Morgan fingerprint density at radius 3 is 2.96 bits per heavy atom. The number of nitrogens with zero attached hydrogens (tertiary/aromatic N) is 1. The Bertz CT molecular complexity index is 843. The maximum atomic E-state index is 12.6. The number of aromatic nitrogens is 1. The number of amides is 1. The molecule has 0 unspecified atom stereocenters. The second-order valence-electron chi connectivity index (χ2n) is 5.66. The number of thiazole rings is 1. The molecular formula is C16H18N2O5S2. The molecule has 1 aliphatic rings. The first kappa shape index (κ1) is 17.8. The molecule has 1 fully saturated rings. The van der Waals surface area contributed by atoms with Gasteiger partial charge in [0.05, 0.1) is 29.9 Å². The van der Waals surface area contributed by atoms with Gasteiger partial charge in [-0.25, -0.2) is 13.4 Å². The number of ether oxygens (including phenoxy) is 2. The third-order valence-corrected chi connectivity index (χ3v) is 6.48. The molecule has 25 heavy (non-hydrogen) atoms. The van der Waals surface area contributed by atoms with Gasteiger partial charge in [0, 0.05) is 18.2 Å². The van der Waals surface area contributed by atoms with E-state index in [1.54, 1.807) is 11.6 Å². The molecule has 0 saturated carbocycles. The van der Waals surface area contributed by atoms with Crippen molar-refractivity contribution in [3.63, 3.8) is 0 Å². The number of sulfone groups is 1. The summed E-state index contributed by atoms with van der Waals surface area (Å²) in [5.74, 6) is -0.169. The van der Waals surface area contributed by atoms with Crippen molar-refractivity contribution in [3.05, 3.63) is 35.3 Å². The fraction of sp³-hybridized carbons (Fsp3) is 0.375. The van der Waals surface area contributed by atoms with E-state index >= 15 is 0 Å². The monoisotopic (exact) mass is 382 g/mol. The summed E-state index contributed by atoms with van der Waals surface area (Å²) in [5.41, 5.74) is 0.154. The second-order valence-corrected chi connectivity index (χ2v) is 8.59. The first-order valence-corrected chi connectivity index (χ1v) is 10.2. The number of anilines is 1. The molecule has 1 amide bonds. The number of carbonyl (C=O) groups excluding carboxylic acids is 1. The Balaban J connectivity index is 1.87. The molecule has 1 N–H and O–H groups in total. The summed E-state index contributed by atoms with van der Waals surface area (Å²) >= 11 is 1.27. The number of carbonyl (C=O) groups is 1. The lowest BCUT2D eigenvalue weighted by molar-refractivity contribution is 0.102. The van der Waals surface area contributed by atoms with E-state index in [2.05, 4.69) is 10.3 Å². The zero-order valence-electron chi connectivity index (χ0n) is 13.6. The minimum absolute atomic E-state index is 0.00681. The highest BCUT2D eigenvalue weighted by molar-refractivity contribution is 7.91. The lowest BCUT2D eigenvalue weighted by atomic mass is 10.2. The number of nitrogens with one attached hydrogen (secondary N) is 1. The van der Waals surface area contributed by atoms with Gasteiger partial charge in [0.1, 0.15) is 5.75 Å². The van der Waals surface area contributed by atoms with Crippen molar-refractivity contribution in [1.29, 1.82) is 0 Å². The summed E-state index contributed by atoms with van der Waals surface area (Å²) in [6.45, 7) is 1.04. The summed E-state index contributed by atoms with van der Waals surface area (Å²) in [6, 6.07) is 4.31. The van der Waals surface area contributed by atoms with Crippen LogP contribution in [0.15, 0.2) is 34.7 Å². The highest BCUT2D eigenvalue weighted by Crippen LogP contribution is 2.26. The lowest BCUT2D eigenvalue weighted by Crippen LogP contribution is -2.18. The van der Waals surface area contributed by atoms with Crippen LogP contribution in [0.1, 0.15) is 16.8 Å². The van der Waals surface area contributed by atoms with Gasteiger partial charge in [-0.05, 0) is 30.5 Å². The molecule has 2 aromatic rings. The molecule has 1 aromatic heterocycles. The first-order valence-electron chi connectivity index (χ1n) is 7.69. The maximum absolute atomic E-state index is 12.6. The van der Waals surface area contributed by atoms with E-state index < -0.39 is 15.7 Å². The Kier molecular flexibility index (Phi) is 5.36. The maximum Gasteiger partial charge on any atom is 0.261 e. The predicted octanol–water partition coefficient (Wildman–Crippen LogP) is 2.21. The van der Waals surface area contributed by atoms with Crippen LogP contribution >= 0.6 is 11.3 Å². The van der Waals surface area contributed by atoms with Gasteiger partial charge < -0.3 is 9.47 Å². The van der Waals surface area contributed by atoms with Gasteiger partial charge in [0.25, 0.3) is 5.91 Å². The SMILES string of the molecule is COc1ccc(S(=O)(=O)C[C@H]2CCOC2)cc1C(=O)Nc1nccs1. The summed E-state index contributed by atoms with van der Waals surface area (Å²) in [6.07, 6.45) is 2.30. The van der Waals surface area contributed by atoms with E-state index in [1.165, 1.54) is 36.6 Å². The van der Waals surface area contributed by atoms with Gasteiger partial charge in [-0.1, -0.05) is 0 Å². The van der Waals surface area contributed by atoms with Crippen LogP contribution in [0.2, 0.25) is 0 Å². The van der Waals surface area contributed by atoms with Gasteiger partial charge in [-0.3, -0.25) is 10.1 Å². The Hall–Kier alpha value is -1.97. The quantitative estimate of drug-likeness (QED) is 0.823. The van der Waals surface area contributed by atoms with Crippen LogP contribution in [0.25, 0.3) is 0 Å². The molecule has 1 atom stereocenters. The number of benzene rings is 1. The van der Waals surface area contributed by atoms with Crippen molar-refractivity contribution < 1.29 is 22.7 Å². The van der Waals surface area contributed by atoms with Gasteiger partial charge >= 0.3 is 0 Å². The molecule has 1 saturated heterocycles. The minimum Gasteiger partial charge on any atom is -0.496 e. The van der Waals surface area contributed by atoms with Crippen molar-refractivity contribution >= 4 is 32.2 Å². The summed E-state index contributed by atoms with van der Waals surface area (Å²) in [7, 11) is -2.09. The molecule has 0 spiro atoms. The van der Waals surface area contributed by atoms with Gasteiger partial charge in [-0.15, -0.1) is 11.3 Å². The highest BCUT2D eigenvalue weighted by Gasteiger charge is 2.26. The molecule has 9 heteroatoms. The number of hydrogen-bond acceptors (Lipinski definition) is 7. The van der Waals surface area contributed by atoms with Crippen LogP contribution in [-0.4, -0.2) is 45.4 Å². The van der Waals surface area contributed by atoms with Crippen LogP contribution in [0.5, 0.6) is 5.75 Å². The molecule has 134 valence electrons. The Morgan fingerprint density at radius 2 is 2.32 bits per heavy atom. The van der Waals surface area contributed by atoms with E-state index in [0.29, 0.717) is 24.1 Å². The standard InChI is InChI=1S/C16H18N2O5S2/c1-22-14-3-2-12(25(20,21)10-11-4-6-23-9-11)8-13(14)15(19)18-16-17-5-7-24-16/h2-3,5,7-8,11H,4,6,9-10H2,1H3,(H,17,18,19)/t11-/m0/s1. The topological polar surface area (TPSA) is 94.6 Å². The van der Waals surface area contributed by atoms with Crippen molar-refractivity contribution in [3.8, 4) is 5.75 Å². The number of hydrogen-bond donors (Lipinski definition) is 1. The molecule has 1 aliphatic heterocycles. The molecule has 1 aromatic carbocycles. The zero-order chi connectivity index (χ0) is 17.9. The van der Waals surface area contributed by atoms with Crippen molar-refractivity contribution in [2.24, 2.45) is 5.92 Å². The lowest BCUT2D eigenvalue weighted by Gasteiger charge is -2.12. The van der Waals surface area contributed by atoms with Crippen LogP contribution in [0.4, 0.5) is 5.13 Å². The zero-order valence-corrected chi connectivity index (χ0v) is 15.2. The number of methoxy groups -OCH3 is 1. The average Bonchev–Trinajstić information content (AvgIpc) is 3.27. The van der Waals surface area contributed by atoms with Crippen LogP contribution in [0.3, 0.4) is 0 Å². The summed E-state index contributed by atoms with van der Waals surface area (Å²) in [5, 5.41) is 4.81. The Labute approximate surface area is 149 Å². The molecule has 2 heterocycles. The highest BCUT2D eigenvalue weighted by atomic mass is 32.2. The third-order valence-electron chi connectivity index (χ3n) is 3.91. The van der Waals surface area contributed by atoms with E-state index in [0.717, 1.165) is 6.42 Å². The van der Waals surface area contributed by atoms with Crippen molar-refractivity contribution in [1.82, 2.24) is 4.98 Å². The normalized spacial score (nSPS) is 17.4. The third kappa shape index (κ3) is 4.17. The molecule has 7 nitrogen and oxygen atoms in total. The van der Waals surface area contributed by atoms with Gasteiger partial charge in [-0.2, -0.15) is 0 Å². The predicted molar refractivity (Wildman–Crippen MR) is 94.0 cm³/mol. The second kappa shape index (κ2) is 7.51. The van der Waals surface area contributed by atoms with E-state index in [9.17, 15) is 13.2 Å². The smallest absolute Gasteiger partial charge is 0.261 e. The molecular weight excluding hydrogens is 364 g/mol. The van der Waals surface area contributed by atoms with E-state index in [4.69, 9.17) is 9.47 Å². The van der Waals surface area contributed by atoms with Gasteiger partial charge in [0.15, 0.2) is 15.0 Å². The minimum atomic E-state index is -3.52. The fourth-order valence-corrected chi connectivity index (χ4v) is 4.80. The molecule has 0 radical (unpaired) electrons. The summed E-state index contributed by atoms with van der Waals surface area (Å²) in [4.78, 5) is 16.6. The van der Waals surface area contributed by atoms with Crippen LogP contribution in [0, 0.1) is 5.92 Å². The average molecular weight is 382 g/mol. The molecule has 0 bridgehead atoms. The largest absolute Gasteiger partial charge is 0.496 e. The van der Waals surface area contributed by atoms with E-state index in [1.807, 2.05) is 0 Å². The fourth-order valence-electron chi connectivity index (χ4n) is 2.63. The van der Waals surface area contributed by atoms with E-state index in [-0.39, 0.29) is 22.1 Å². The first-order chi connectivity index (χ1) is 12.0. The number of rotatable bonds is 6. The van der Waals surface area contributed by atoms with Crippen LogP contribution in [-0.2, 0) is 14.6 Å². The molecule has 3 rings (SSSR count). The van der Waals surface area contributed by atoms with Gasteiger partial charge in [0.2, 0.25) is 0 Å². The van der Waals surface area contributed by atoms with Crippen molar-refractivity contribution in [2.75, 3.05) is 31.4 Å². The Morgan fingerprint density at radius 1 is 1.48 bits per heavy atom.